The van der Waals surface area contributed by atoms with Crippen LogP contribution in [0.4, 0.5) is 16.4 Å². The van der Waals surface area contributed by atoms with Gasteiger partial charge in [-0.2, -0.15) is 0 Å². The number of amides is 2. The smallest absolute Gasteiger partial charge is 0.265 e. The van der Waals surface area contributed by atoms with E-state index >= 15 is 0 Å². The molecule has 1 aromatic heterocycles. The molecule has 4 rings (SSSR count). The van der Waals surface area contributed by atoms with Crippen molar-refractivity contribution in [2.45, 2.75) is 19.4 Å². The van der Waals surface area contributed by atoms with Crippen molar-refractivity contribution in [2.75, 3.05) is 22.6 Å². The number of nitrogens with one attached hydrogen (secondary N) is 2. The van der Waals surface area contributed by atoms with E-state index in [0.29, 0.717) is 9.88 Å². The molecule has 29 heavy (non-hydrogen) atoms. The summed E-state index contributed by atoms with van der Waals surface area (Å²) in [5, 5.41) is 6.51. The minimum Gasteiger partial charge on any atom is -0.370 e. The van der Waals surface area contributed by atoms with Crippen LogP contribution in [0.3, 0.4) is 0 Å². The summed E-state index contributed by atoms with van der Waals surface area (Å²) in [5.41, 5.74) is 3.06. The Morgan fingerprint density at radius 1 is 0.966 bits per heavy atom. The molecule has 1 aliphatic rings. The number of rotatable bonds is 7. The van der Waals surface area contributed by atoms with Gasteiger partial charge in [0, 0.05) is 30.9 Å². The summed E-state index contributed by atoms with van der Waals surface area (Å²) in [7, 11) is 2.05. The highest BCUT2D eigenvalue weighted by molar-refractivity contribution is 7.18. The van der Waals surface area contributed by atoms with E-state index in [1.165, 1.54) is 16.9 Å². The summed E-state index contributed by atoms with van der Waals surface area (Å²) >= 11 is 1.29. The molecule has 0 atom stereocenters. The highest BCUT2D eigenvalue weighted by Crippen LogP contribution is 2.31. The minimum absolute atomic E-state index is 0.0500. The fourth-order valence-electron chi connectivity index (χ4n) is 3.04. The molecule has 1 fully saturated rings. The van der Waals surface area contributed by atoms with Crippen LogP contribution in [-0.4, -0.2) is 18.9 Å². The molecular weight excluding hydrogens is 382 g/mol. The number of benzene rings is 2. The van der Waals surface area contributed by atoms with Crippen LogP contribution in [0.2, 0.25) is 0 Å². The fourth-order valence-corrected chi connectivity index (χ4v) is 3.84. The minimum atomic E-state index is -0.174. The Balaban J connectivity index is 1.34. The molecule has 0 aliphatic heterocycles. The second-order valence-corrected chi connectivity index (χ2v) is 8.35. The van der Waals surface area contributed by atoms with Gasteiger partial charge < -0.3 is 15.5 Å². The van der Waals surface area contributed by atoms with Gasteiger partial charge in [0.1, 0.15) is 0 Å². The molecule has 2 N–H and O–H groups in total. The van der Waals surface area contributed by atoms with E-state index < -0.39 is 0 Å². The van der Waals surface area contributed by atoms with Crippen molar-refractivity contribution in [3.05, 3.63) is 77.2 Å². The van der Waals surface area contributed by atoms with Gasteiger partial charge in [0.2, 0.25) is 5.91 Å². The van der Waals surface area contributed by atoms with Crippen LogP contribution in [0.25, 0.3) is 0 Å². The normalized spacial score (nSPS) is 13.0. The first kappa shape index (κ1) is 19.2. The first-order valence-electron chi connectivity index (χ1n) is 9.66. The summed E-state index contributed by atoms with van der Waals surface area (Å²) in [4.78, 5) is 27.1. The van der Waals surface area contributed by atoms with Crippen LogP contribution in [0, 0.1) is 5.92 Å². The Kier molecular flexibility index (Phi) is 5.62. The van der Waals surface area contributed by atoms with Crippen molar-refractivity contribution in [1.29, 1.82) is 0 Å². The number of hydrogen-bond acceptors (Lipinski definition) is 4. The molecule has 0 bridgehead atoms. The number of anilines is 3. The van der Waals surface area contributed by atoms with Gasteiger partial charge in [0.25, 0.3) is 5.91 Å². The predicted molar refractivity (Wildman–Crippen MR) is 119 cm³/mol. The maximum absolute atomic E-state index is 12.5. The number of carbonyl (C=O) groups is 2. The van der Waals surface area contributed by atoms with Gasteiger partial charge in [-0.3, -0.25) is 9.59 Å². The Labute approximate surface area is 174 Å². The summed E-state index contributed by atoms with van der Waals surface area (Å²) in [6.07, 6.45) is 1.92. The van der Waals surface area contributed by atoms with E-state index in [1.54, 1.807) is 12.1 Å². The number of carbonyl (C=O) groups excluding carboxylic acids is 2. The zero-order valence-corrected chi connectivity index (χ0v) is 17.0. The lowest BCUT2D eigenvalue weighted by Gasteiger charge is -2.19. The molecular formula is C23H23N3O2S. The lowest BCUT2D eigenvalue weighted by molar-refractivity contribution is -0.117. The van der Waals surface area contributed by atoms with E-state index in [-0.39, 0.29) is 17.7 Å². The third kappa shape index (κ3) is 5.03. The SMILES string of the molecule is CN(Cc1ccccc1)c1ccc(NC(=O)c2ccc(NC(=O)C3CC3)s2)cc1. The average Bonchev–Trinajstić information content (AvgIpc) is 3.48. The van der Waals surface area contributed by atoms with E-state index in [2.05, 4.69) is 27.7 Å². The summed E-state index contributed by atoms with van der Waals surface area (Å²) < 4.78 is 0. The molecule has 0 unspecified atom stereocenters. The van der Waals surface area contributed by atoms with Gasteiger partial charge in [0.05, 0.1) is 9.88 Å². The van der Waals surface area contributed by atoms with E-state index in [0.717, 1.165) is 30.8 Å². The molecule has 0 spiro atoms. The summed E-state index contributed by atoms with van der Waals surface area (Å²) in [5.74, 6) is 0.0224. The van der Waals surface area contributed by atoms with Crippen LogP contribution in [0.15, 0.2) is 66.7 Å². The van der Waals surface area contributed by atoms with Crippen molar-refractivity contribution in [1.82, 2.24) is 0 Å². The van der Waals surface area contributed by atoms with Crippen molar-refractivity contribution < 1.29 is 9.59 Å². The highest BCUT2D eigenvalue weighted by atomic mass is 32.1. The molecule has 0 radical (unpaired) electrons. The second-order valence-electron chi connectivity index (χ2n) is 7.27. The van der Waals surface area contributed by atoms with Crippen LogP contribution in [0.1, 0.15) is 28.1 Å². The van der Waals surface area contributed by atoms with Gasteiger partial charge in [0.15, 0.2) is 0 Å². The molecule has 6 heteroatoms. The molecule has 1 heterocycles. The van der Waals surface area contributed by atoms with Crippen LogP contribution >= 0.6 is 11.3 Å². The van der Waals surface area contributed by atoms with E-state index in [1.807, 2.05) is 49.5 Å². The summed E-state index contributed by atoms with van der Waals surface area (Å²) in [6, 6.07) is 21.6. The number of nitrogens with zero attached hydrogens (tertiary/aromatic N) is 1. The van der Waals surface area contributed by atoms with Crippen molar-refractivity contribution >= 4 is 39.5 Å². The first-order valence-corrected chi connectivity index (χ1v) is 10.5. The molecule has 1 aliphatic carbocycles. The van der Waals surface area contributed by atoms with Gasteiger partial charge in [-0.15, -0.1) is 11.3 Å². The van der Waals surface area contributed by atoms with Gasteiger partial charge in [-0.1, -0.05) is 30.3 Å². The highest BCUT2D eigenvalue weighted by Gasteiger charge is 2.29. The maximum atomic E-state index is 12.5. The number of thiophene rings is 1. The maximum Gasteiger partial charge on any atom is 0.265 e. The first-order chi connectivity index (χ1) is 14.1. The molecule has 2 amide bonds. The van der Waals surface area contributed by atoms with Crippen molar-refractivity contribution in [3.8, 4) is 0 Å². The Morgan fingerprint density at radius 3 is 2.38 bits per heavy atom. The Hall–Kier alpha value is -3.12. The monoisotopic (exact) mass is 405 g/mol. The quantitative estimate of drug-likeness (QED) is 0.582. The molecule has 148 valence electrons. The predicted octanol–water partition coefficient (Wildman–Crippen LogP) is 4.99. The van der Waals surface area contributed by atoms with Crippen LogP contribution < -0.4 is 15.5 Å². The average molecular weight is 406 g/mol. The van der Waals surface area contributed by atoms with Gasteiger partial charge in [-0.25, -0.2) is 0 Å². The zero-order valence-electron chi connectivity index (χ0n) is 16.2. The Bertz CT molecular complexity index is 994. The van der Waals surface area contributed by atoms with Crippen LogP contribution in [-0.2, 0) is 11.3 Å². The second kappa shape index (κ2) is 8.49. The van der Waals surface area contributed by atoms with E-state index in [4.69, 9.17) is 0 Å². The van der Waals surface area contributed by atoms with Gasteiger partial charge >= 0.3 is 0 Å². The topological polar surface area (TPSA) is 61.4 Å². The van der Waals surface area contributed by atoms with E-state index in [9.17, 15) is 9.59 Å². The molecule has 0 saturated heterocycles. The third-order valence-corrected chi connectivity index (χ3v) is 5.85. The largest absolute Gasteiger partial charge is 0.370 e. The molecule has 2 aromatic carbocycles. The lowest BCUT2D eigenvalue weighted by Crippen LogP contribution is -2.16. The van der Waals surface area contributed by atoms with Crippen molar-refractivity contribution in [3.63, 3.8) is 0 Å². The third-order valence-electron chi connectivity index (χ3n) is 4.85. The lowest BCUT2D eigenvalue weighted by atomic mass is 10.2. The Morgan fingerprint density at radius 2 is 1.69 bits per heavy atom. The zero-order chi connectivity index (χ0) is 20.2. The molecule has 1 saturated carbocycles. The van der Waals surface area contributed by atoms with Crippen LogP contribution in [0.5, 0.6) is 0 Å². The van der Waals surface area contributed by atoms with Gasteiger partial charge in [-0.05, 0) is 54.8 Å². The molecule has 3 aromatic rings. The van der Waals surface area contributed by atoms with Crippen molar-refractivity contribution in [2.24, 2.45) is 5.92 Å². The molecule has 5 nitrogen and oxygen atoms in total. The fraction of sp³-hybridized carbons (Fsp3) is 0.217. The summed E-state index contributed by atoms with van der Waals surface area (Å²) in [6.45, 7) is 0.817. The standard InChI is InChI=1S/C23H23N3O2S/c1-26(15-16-5-3-2-4-6-16)19-11-9-18(10-12-19)24-23(28)20-13-14-21(29-20)25-22(27)17-7-8-17/h2-6,9-14,17H,7-8,15H2,1H3,(H,24,28)(H,25,27). The number of hydrogen-bond donors (Lipinski definition) is 2.